The summed E-state index contributed by atoms with van der Waals surface area (Å²) in [6.07, 6.45) is 1.03. The van der Waals surface area contributed by atoms with Gasteiger partial charge in [0.25, 0.3) is 5.91 Å². The fourth-order valence-electron chi connectivity index (χ4n) is 2.45. The minimum absolute atomic E-state index is 0.102. The summed E-state index contributed by atoms with van der Waals surface area (Å²) in [5, 5.41) is 6.20. The van der Waals surface area contributed by atoms with Crippen LogP contribution in [0.1, 0.15) is 27.3 Å². The van der Waals surface area contributed by atoms with Crippen molar-refractivity contribution in [2.24, 2.45) is 0 Å². The van der Waals surface area contributed by atoms with Gasteiger partial charge in [0.15, 0.2) is 0 Å². The molecule has 0 unspecified atom stereocenters. The number of carbonyl (C=O) groups is 1. The van der Waals surface area contributed by atoms with Crippen LogP contribution < -0.4 is 10.6 Å². The number of pyridine rings is 1. The quantitative estimate of drug-likeness (QED) is 0.879. The summed E-state index contributed by atoms with van der Waals surface area (Å²) in [6.45, 7) is 4.78. The van der Waals surface area contributed by atoms with E-state index in [1.54, 1.807) is 0 Å². The molecule has 0 saturated carbocycles. The Morgan fingerprint density at radius 2 is 2.10 bits per heavy atom. The van der Waals surface area contributed by atoms with Crippen molar-refractivity contribution in [1.29, 1.82) is 0 Å². The molecule has 20 heavy (non-hydrogen) atoms. The van der Waals surface area contributed by atoms with E-state index in [1.807, 2.05) is 44.2 Å². The van der Waals surface area contributed by atoms with Crippen molar-refractivity contribution in [1.82, 2.24) is 4.98 Å². The lowest BCUT2D eigenvalue weighted by molar-refractivity contribution is 0.102. The maximum Gasteiger partial charge on any atom is 0.255 e. The van der Waals surface area contributed by atoms with Crippen LogP contribution in [-0.4, -0.2) is 17.4 Å². The highest BCUT2D eigenvalue weighted by atomic mass is 16.1. The monoisotopic (exact) mass is 267 g/mol. The van der Waals surface area contributed by atoms with Gasteiger partial charge >= 0.3 is 0 Å². The second-order valence-electron chi connectivity index (χ2n) is 5.09. The summed E-state index contributed by atoms with van der Waals surface area (Å²) in [5.74, 6) is -0.102. The van der Waals surface area contributed by atoms with Gasteiger partial charge in [0.05, 0.1) is 11.4 Å². The number of hydrogen-bond donors (Lipinski definition) is 2. The van der Waals surface area contributed by atoms with E-state index in [-0.39, 0.29) is 5.91 Å². The third-order valence-corrected chi connectivity index (χ3v) is 3.56. The molecule has 4 heteroatoms. The molecule has 2 aromatic rings. The van der Waals surface area contributed by atoms with Crippen LogP contribution >= 0.6 is 0 Å². The first-order valence-corrected chi connectivity index (χ1v) is 6.76. The highest BCUT2D eigenvalue weighted by Gasteiger charge is 2.14. The van der Waals surface area contributed by atoms with E-state index < -0.39 is 0 Å². The van der Waals surface area contributed by atoms with Crippen LogP contribution in [0, 0.1) is 13.8 Å². The smallest absolute Gasteiger partial charge is 0.255 e. The van der Waals surface area contributed by atoms with Gasteiger partial charge in [-0.3, -0.25) is 9.78 Å². The zero-order valence-electron chi connectivity index (χ0n) is 11.7. The lowest BCUT2D eigenvalue weighted by atomic mass is 10.1. The molecular weight excluding hydrogens is 250 g/mol. The van der Waals surface area contributed by atoms with E-state index >= 15 is 0 Å². The maximum atomic E-state index is 12.3. The van der Waals surface area contributed by atoms with Crippen LogP contribution in [0.25, 0.3) is 0 Å². The Hall–Kier alpha value is -2.36. The predicted molar refractivity (Wildman–Crippen MR) is 80.3 cm³/mol. The molecule has 0 fully saturated rings. The van der Waals surface area contributed by atoms with Gasteiger partial charge in [0.2, 0.25) is 0 Å². The van der Waals surface area contributed by atoms with Gasteiger partial charge in [-0.15, -0.1) is 0 Å². The minimum Gasteiger partial charge on any atom is -0.384 e. The largest absolute Gasteiger partial charge is 0.384 e. The Morgan fingerprint density at radius 1 is 1.25 bits per heavy atom. The van der Waals surface area contributed by atoms with Gasteiger partial charge in [-0.2, -0.15) is 0 Å². The number of aryl methyl sites for hydroxylation is 2. The molecule has 0 aliphatic carbocycles. The first-order chi connectivity index (χ1) is 9.63. The van der Waals surface area contributed by atoms with Crippen LogP contribution in [0.5, 0.6) is 0 Å². The molecule has 4 nitrogen and oxygen atoms in total. The third kappa shape index (κ3) is 2.37. The molecule has 0 atom stereocenters. The van der Waals surface area contributed by atoms with Crippen molar-refractivity contribution in [2.45, 2.75) is 20.3 Å². The lowest BCUT2D eigenvalue weighted by Gasteiger charge is -2.09. The molecule has 3 rings (SSSR count). The molecular formula is C16H17N3O. The van der Waals surface area contributed by atoms with E-state index in [1.165, 1.54) is 5.56 Å². The van der Waals surface area contributed by atoms with Gasteiger partial charge in [-0.1, -0.05) is 6.07 Å². The van der Waals surface area contributed by atoms with E-state index in [9.17, 15) is 4.79 Å². The number of fused-ring (bicyclic) bond motifs is 1. The number of rotatable bonds is 2. The summed E-state index contributed by atoms with van der Waals surface area (Å²) >= 11 is 0. The van der Waals surface area contributed by atoms with Crippen LogP contribution in [0.15, 0.2) is 30.3 Å². The van der Waals surface area contributed by atoms with Crippen molar-refractivity contribution in [3.63, 3.8) is 0 Å². The molecule has 1 aromatic heterocycles. The molecule has 2 N–H and O–H groups in total. The van der Waals surface area contributed by atoms with E-state index in [0.717, 1.165) is 35.7 Å². The number of nitrogens with zero attached hydrogens (tertiary/aromatic N) is 1. The number of amides is 1. The molecule has 1 aliphatic heterocycles. The number of benzene rings is 1. The minimum atomic E-state index is -0.102. The SMILES string of the molecule is Cc1ccc(NC(=O)c2ccc3c(c2)NCC3)c(C)n1. The first kappa shape index (κ1) is 12.7. The van der Waals surface area contributed by atoms with Gasteiger partial charge in [-0.25, -0.2) is 0 Å². The fraction of sp³-hybridized carbons (Fsp3) is 0.250. The Kier molecular flexibility index (Phi) is 3.14. The zero-order chi connectivity index (χ0) is 14.1. The summed E-state index contributed by atoms with van der Waals surface area (Å²) in [4.78, 5) is 16.6. The van der Waals surface area contributed by atoms with Gasteiger partial charge in [0, 0.05) is 23.5 Å². The Morgan fingerprint density at radius 3 is 2.90 bits per heavy atom. The number of aromatic nitrogens is 1. The van der Waals surface area contributed by atoms with Crippen LogP contribution in [0.3, 0.4) is 0 Å². The number of nitrogens with one attached hydrogen (secondary N) is 2. The van der Waals surface area contributed by atoms with Crippen molar-refractivity contribution in [3.8, 4) is 0 Å². The molecule has 1 amide bonds. The summed E-state index contributed by atoms with van der Waals surface area (Å²) in [6, 6.07) is 9.59. The topological polar surface area (TPSA) is 54.0 Å². The second kappa shape index (κ2) is 4.96. The molecule has 2 heterocycles. The number of anilines is 2. The number of hydrogen-bond acceptors (Lipinski definition) is 3. The Bertz CT molecular complexity index is 679. The summed E-state index contributed by atoms with van der Waals surface area (Å²) in [7, 11) is 0. The fourth-order valence-corrected chi connectivity index (χ4v) is 2.45. The molecule has 0 spiro atoms. The lowest BCUT2D eigenvalue weighted by Crippen LogP contribution is -2.13. The summed E-state index contributed by atoms with van der Waals surface area (Å²) < 4.78 is 0. The van der Waals surface area contributed by atoms with Crippen LogP contribution in [0.4, 0.5) is 11.4 Å². The normalized spacial score (nSPS) is 12.7. The standard InChI is InChI=1S/C16H17N3O/c1-10-3-6-14(11(2)18-10)19-16(20)13-5-4-12-7-8-17-15(12)9-13/h3-6,9,17H,7-8H2,1-2H3,(H,19,20). The van der Waals surface area contributed by atoms with Crippen molar-refractivity contribution >= 4 is 17.3 Å². The van der Waals surface area contributed by atoms with Crippen LogP contribution in [0.2, 0.25) is 0 Å². The van der Waals surface area contributed by atoms with E-state index in [4.69, 9.17) is 0 Å². The van der Waals surface area contributed by atoms with Crippen molar-refractivity contribution in [3.05, 3.63) is 52.8 Å². The highest BCUT2D eigenvalue weighted by Crippen LogP contribution is 2.24. The Balaban J connectivity index is 1.82. The van der Waals surface area contributed by atoms with Crippen LogP contribution in [-0.2, 0) is 6.42 Å². The Labute approximate surface area is 118 Å². The van der Waals surface area contributed by atoms with Crippen molar-refractivity contribution < 1.29 is 4.79 Å². The molecule has 1 aliphatic rings. The highest BCUT2D eigenvalue weighted by molar-refractivity contribution is 6.05. The molecule has 1 aromatic carbocycles. The molecule has 0 radical (unpaired) electrons. The van der Waals surface area contributed by atoms with E-state index in [2.05, 4.69) is 15.6 Å². The van der Waals surface area contributed by atoms with E-state index in [0.29, 0.717) is 5.56 Å². The molecule has 102 valence electrons. The molecule has 0 saturated heterocycles. The van der Waals surface area contributed by atoms with Gasteiger partial charge < -0.3 is 10.6 Å². The predicted octanol–water partition coefficient (Wildman–Crippen LogP) is 2.92. The van der Waals surface area contributed by atoms with Gasteiger partial charge in [-0.05, 0) is 50.1 Å². The third-order valence-electron chi connectivity index (χ3n) is 3.56. The average molecular weight is 267 g/mol. The zero-order valence-corrected chi connectivity index (χ0v) is 11.7. The second-order valence-corrected chi connectivity index (χ2v) is 5.09. The number of carbonyl (C=O) groups excluding carboxylic acids is 1. The van der Waals surface area contributed by atoms with Crippen molar-refractivity contribution in [2.75, 3.05) is 17.2 Å². The summed E-state index contributed by atoms with van der Waals surface area (Å²) in [5.41, 5.74) is 5.54. The average Bonchev–Trinajstić information content (AvgIpc) is 2.89. The first-order valence-electron chi connectivity index (χ1n) is 6.76. The van der Waals surface area contributed by atoms with Gasteiger partial charge in [0.1, 0.15) is 0 Å². The maximum absolute atomic E-state index is 12.3. The molecule has 0 bridgehead atoms.